The average molecular weight is 260 g/mol. The fourth-order valence-electron chi connectivity index (χ4n) is 1.90. The highest BCUT2D eigenvalue weighted by Gasteiger charge is 2.09. The molecule has 104 valence electrons. The van der Waals surface area contributed by atoms with Gasteiger partial charge in [0.25, 0.3) is 0 Å². The first kappa shape index (κ1) is 15.2. The molecule has 0 aromatic heterocycles. The number of nitrogens with zero attached hydrogens (tertiary/aromatic N) is 1. The third kappa shape index (κ3) is 4.10. The van der Waals surface area contributed by atoms with Gasteiger partial charge >= 0.3 is 0 Å². The summed E-state index contributed by atoms with van der Waals surface area (Å²) < 4.78 is 0. The van der Waals surface area contributed by atoms with Crippen LogP contribution in [0.4, 0.5) is 11.4 Å². The molecule has 1 aromatic rings. The van der Waals surface area contributed by atoms with Crippen molar-refractivity contribution in [3.05, 3.63) is 29.8 Å². The Bertz CT molecular complexity index is 475. The summed E-state index contributed by atoms with van der Waals surface area (Å²) in [5.74, 6) is 1.21. The Labute approximate surface area is 115 Å². The van der Waals surface area contributed by atoms with Crippen molar-refractivity contribution in [1.29, 1.82) is 0 Å². The number of anilines is 2. The molecule has 19 heavy (non-hydrogen) atoms. The van der Waals surface area contributed by atoms with Crippen molar-refractivity contribution >= 4 is 23.3 Å². The highest BCUT2D eigenvalue weighted by Crippen LogP contribution is 2.29. The molecule has 0 spiro atoms. The number of nitrogens with two attached hydrogens (primary N) is 2. The number of rotatable bonds is 5. The molecule has 0 aliphatic heterocycles. The summed E-state index contributed by atoms with van der Waals surface area (Å²) in [5, 5.41) is 3.26. The first-order valence-electron chi connectivity index (χ1n) is 6.53. The van der Waals surface area contributed by atoms with Crippen LogP contribution in [0.3, 0.4) is 0 Å². The van der Waals surface area contributed by atoms with Gasteiger partial charge in [-0.1, -0.05) is 26.5 Å². The summed E-state index contributed by atoms with van der Waals surface area (Å²) in [5.41, 5.74) is 15.4. The number of amidine groups is 1. The van der Waals surface area contributed by atoms with Gasteiger partial charge in [0, 0.05) is 17.9 Å². The fourth-order valence-corrected chi connectivity index (χ4v) is 1.90. The largest absolute Gasteiger partial charge is 0.398 e. The fraction of sp³-hybridized carbons (Fsp3) is 0.400. The van der Waals surface area contributed by atoms with Crippen LogP contribution in [-0.4, -0.2) is 18.9 Å². The first-order valence-corrected chi connectivity index (χ1v) is 6.53. The summed E-state index contributed by atoms with van der Waals surface area (Å²) in [6.07, 6.45) is 1.78. The maximum absolute atomic E-state index is 6.13. The third-order valence-electron chi connectivity index (χ3n) is 2.89. The summed E-state index contributed by atoms with van der Waals surface area (Å²) in [6.45, 7) is 11.2. The molecule has 0 saturated heterocycles. The molecule has 0 saturated carbocycles. The molecule has 4 heteroatoms. The SMILES string of the molecule is C=Cc1cc(NC(C)=NCCN)cc(C(C)C)c1N. The molecule has 0 atom stereocenters. The van der Waals surface area contributed by atoms with Gasteiger partial charge in [-0.15, -0.1) is 0 Å². The van der Waals surface area contributed by atoms with Crippen LogP contribution in [0.2, 0.25) is 0 Å². The monoisotopic (exact) mass is 260 g/mol. The van der Waals surface area contributed by atoms with Gasteiger partial charge in [0.1, 0.15) is 0 Å². The van der Waals surface area contributed by atoms with Crippen LogP contribution in [0, 0.1) is 0 Å². The van der Waals surface area contributed by atoms with Crippen molar-refractivity contribution in [3.63, 3.8) is 0 Å². The first-order chi connectivity index (χ1) is 8.99. The van der Waals surface area contributed by atoms with Crippen molar-refractivity contribution in [3.8, 4) is 0 Å². The molecule has 0 amide bonds. The van der Waals surface area contributed by atoms with E-state index in [9.17, 15) is 0 Å². The van der Waals surface area contributed by atoms with E-state index in [0.717, 1.165) is 28.3 Å². The quantitative estimate of drug-likeness (QED) is 0.433. The Hall–Kier alpha value is -1.81. The molecule has 0 fully saturated rings. The molecule has 5 N–H and O–H groups in total. The maximum Gasteiger partial charge on any atom is 0.0976 e. The highest BCUT2D eigenvalue weighted by atomic mass is 15.0. The minimum Gasteiger partial charge on any atom is -0.398 e. The van der Waals surface area contributed by atoms with Crippen molar-refractivity contribution in [2.75, 3.05) is 24.1 Å². The molecule has 1 rings (SSSR count). The average Bonchev–Trinajstić information content (AvgIpc) is 2.37. The Kier molecular flexibility index (Phi) is 5.57. The lowest BCUT2D eigenvalue weighted by molar-refractivity contribution is 0.870. The second kappa shape index (κ2) is 6.95. The van der Waals surface area contributed by atoms with Crippen molar-refractivity contribution in [1.82, 2.24) is 0 Å². The Morgan fingerprint density at radius 3 is 2.68 bits per heavy atom. The van der Waals surface area contributed by atoms with E-state index >= 15 is 0 Å². The van der Waals surface area contributed by atoms with Crippen LogP contribution in [0.25, 0.3) is 6.08 Å². The lowest BCUT2D eigenvalue weighted by Gasteiger charge is -2.16. The van der Waals surface area contributed by atoms with Crippen LogP contribution in [-0.2, 0) is 0 Å². The number of hydrogen-bond acceptors (Lipinski definition) is 3. The molecule has 0 aliphatic carbocycles. The smallest absolute Gasteiger partial charge is 0.0976 e. The van der Waals surface area contributed by atoms with E-state index in [4.69, 9.17) is 11.5 Å². The number of hydrogen-bond donors (Lipinski definition) is 3. The molecule has 0 radical (unpaired) electrons. The lowest BCUT2D eigenvalue weighted by Crippen LogP contribution is -2.12. The second-order valence-electron chi connectivity index (χ2n) is 4.81. The van der Waals surface area contributed by atoms with E-state index < -0.39 is 0 Å². The summed E-state index contributed by atoms with van der Waals surface area (Å²) in [7, 11) is 0. The van der Waals surface area contributed by atoms with E-state index in [1.165, 1.54) is 0 Å². The zero-order valence-electron chi connectivity index (χ0n) is 12.0. The second-order valence-corrected chi connectivity index (χ2v) is 4.81. The van der Waals surface area contributed by atoms with Gasteiger partial charge in [-0.05, 0) is 36.1 Å². The van der Waals surface area contributed by atoms with Gasteiger partial charge in [-0.25, -0.2) is 0 Å². The van der Waals surface area contributed by atoms with Crippen LogP contribution < -0.4 is 16.8 Å². The predicted molar refractivity (Wildman–Crippen MR) is 85.7 cm³/mol. The van der Waals surface area contributed by atoms with Gasteiger partial charge in [-0.2, -0.15) is 0 Å². The summed E-state index contributed by atoms with van der Waals surface area (Å²) >= 11 is 0. The zero-order valence-corrected chi connectivity index (χ0v) is 12.0. The number of nitrogen functional groups attached to an aromatic ring is 1. The van der Waals surface area contributed by atoms with Gasteiger partial charge in [0.15, 0.2) is 0 Å². The topological polar surface area (TPSA) is 76.4 Å². The molecule has 0 unspecified atom stereocenters. The third-order valence-corrected chi connectivity index (χ3v) is 2.89. The summed E-state index contributed by atoms with van der Waals surface area (Å²) in [6, 6.07) is 4.05. The van der Waals surface area contributed by atoms with Crippen molar-refractivity contribution in [2.24, 2.45) is 10.7 Å². The van der Waals surface area contributed by atoms with E-state index in [1.807, 2.05) is 13.0 Å². The molecule has 0 bridgehead atoms. The van der Waals surface area contributed by atoms with Crippen LogP contribution in [0.1, 0.15) is 37.8 Å². The minimum absolute atomic E-state index is 0.363. The normalized spacial score (nSPS) is 11.7. The Morgan fingerprint density at radius 2 is 2.16 bits per heavy atom. The van der Waals surface area contributed by atoms with Crippen LogP contribution in [0.5, 0.6) is 0 Å². The van der Waals surface area contributed by atoms with Gasteiger partial charge in [0.2, 0.25) is 0 Å². The van der Waals surface area contributed by atoms with E-state index in [0.29, 0.717) is 19.0 Å². The Morgan fingerprint density at radius 1 is 1.47 bits per heavy atom. The van der Waals surface area contributed by atoms with Crippen LogP contribution in [0.15, 0.2) is 23.7 Å². The number of aliphatic imine (C=N–C) groups is 1. The van der Waals surface area contributed by atoms with Gasteiger partial charge in [-0.3, -0.25) is 4.99 Å². The maximum atomic E-state index is 6.13. The molecule has 0 aliphatic rings. The predicted octanol–water partition coefficient (Wildman–Crippen LogP) is 2.82. The standard InChI is InChI=1S/C15H24N4/c1-5-12-8-13(19-11(4)18-7-6-16)9-14(10(2)3)15(12)17/h5,8-10H,1,6-7,16-17H2,2-4H3,(H,18,19). The van der Waals surface area contributed by atoms with Crippen molar-refractivity contribution in [2.45, 2.75) is 26.7 Å². The molecule has 0 heterocycles. The lowest BCUT2D eigenvalue weighted by atomic mass is 9.97. The molecule has 1 aromatic carbocycles. The highest BCUT2D eigenvalue weighted by molar-refractivity contribution is 5.94. The minimum atomic E-state index is 0.363. The number of nitrogens with one attached hydrogen (secondary N) is 1. The van der Waals surface area contributed by atoms with Crippen molar-refractivity contribution < 1.29 is 0 Å². The molecular weight excluding hydrogens is 236 g/mol. The summed E-state index contributed by atoms with van der Waals surface area (Å²) in [4.78, 5) is 4.31. The molecular formula is C15H24N4. The Balaban J connectivity index is 3.08. The van der Waals surface area contributed by atoms with E-state index in [-0.39, 0.29) is 0 Å². The van der Waals surface area contributed by atoms with E-state index in [1.54, 1.807) is 6.08 Å². The van der Waals surface area contributed by atoms with Crippen LogP contribution >= 0.6 is 0 Å². The van der Waals surface area contributed by atoms with E-state index in [2.05, 4.69) is 36.8 Å². The zero-order chi connectivity index (χ0) is 14.4. The number of benzene rings is 1. The van der Waals surface area contributed by atoms with Gasteiger partial charge in [0.05, 0.1) is 12.4 Å². The van der Waals surface area contributed by atoms with Gasteiger partial charge < -0.3 is 16.8 Å². The molecule has 4 nitrogen and oxygen atoms in total.